The SMILES string of the molecule is COC(=O)[C@@H](NC(=O)OC(C)(C)C)[C@@H](OCc1ccc(OC)cc1)c1ccccc1. The molecule has 2 rings (SSSR count). The summed E-state index contributed by atoms with van der Waals surface area (Å²) in [4.78, 5) is 24.9. The summed E-state index contributed by atoms with van der Waals surface area (Å²) in [6.45, 7) is 5.45. The molecule has 2 aromatic carbocycles. The highest BCUT2D eigenvalue weighted by atomic mass is 16.6. The molecule has 2 aromatic rings. The zero-order valence-corrected chi connectivity index (χ0v) is 18.0. The van der Waals surface area contributed by atoms with Crippen LogP contribution in [0.4, 0.5) is 4.79 Å². The van der Waals surface area contributed by atoms with Gasteiger partial charge in [0.15, 0.2) is 6.04 Å². The van der Waals surface area contributed by atoms with Gasteiger partial charge in [0.2, 0.25) is 0 Å². The molecule has 0 heterocycles. The summed E-state index contributed by atoms with van der Waals surface area (Å²) in [5.74, 6) is 0.0989. The maximum atomic E-state index is 12.5. The van der Waals surface area contributed by atoms with Crippen LogP contribution in [-0.4, -0.2) is 37.9 Å². The fraction of sp³-hybridized carbons (Fsp3) is 0.391. The van der Waals surface area contributed by atoms with Gasteiger partial charge in [-0.15, -0.1) is 0 Å². The summed E-state index contributed by atoms with van der Waals surface area (Å²) in [5, 5.41) is 2.60. The molecule has 7 nitrogen and oxygen atoms in total. The molecule has 0 unspecified atom stereocenters. The average molecular weight is 415 g/mol. The number of nitrogens with one attached hydrogen (secondary N) is 1. The minimum atomic E-state index is -1.09. The molecule has 0 saturated heterocycles. The Morgan fingerprint density at radius 1 is 0.967 bits per heavy atom. The molecule has 0 radical (unpaired) electrons. The van der Waals surface area contributed by atoms with E-state index in [0.717, 1.165) is 16.9 Å². The van der Waals surface area contributed by atoms with Crippen molar-refractivity contribution in [2.75, 3.05) is 14.2 Å². The predicted octanol–water partition coefficient (Wildman–Crippen LogP) is 4.02. The minimum Gasteiger partial charge on any atom is -0.497 e. The number of carbonyl (C=O) groups is 2. The molecule has 1 N–H and O–H groups in total. The van der Waals surface area contributed by atoms with Crippen LogP contribution in [0.25, 0.3) is 0 Å². The van der Waals surface area contributed by atoms with Gasteiger partial charge in [-0.2, -0.15) is 0 Å². The Kier molecular flexibility index (Phi) is 8.24. The van der Waals surface area contributed by atoms with Gasteiger partial charge in [-0.3, -0.25) is 0 Å². The third-order valence-electron chi connectivity index (χ3n) is 4.15. The summed E-state index contributed by atoms with van der Waals surface area (Å²) in [5.41, 5.74) is 0.895. The van der Waals surface area contributed by atoms with Gasteiger partial charge in [-0.1, -0.05) is 42.5 Å². The molecule has 0 aliphatic carbocycles. The molecule has 0 fully saturated rings. The van der Waals surface area contributed by atoms with Crippen molar-refractivity contribution >= 4 is 12.1 Å². The van der Waals surface area contributed by atoms with Gasteiger partial charge in [0, 0.05) is 0 Å². The second-order valence-corrected chi connectivity index (χ2v) is 7.64. The van der Waals surface area contributed by atoms with Gasteiger partial charge in [-0.25, -0.2) is 9.59 Å². The second kappa shape index (κ2) is 10.6. The minimum absolute atomic E-state index is 0.215. The highest BCUT2D eigenvalue weighted by Crippen LogP contribution is 2.25. The molecule has 2 atom stereocenters. The zero-order valence-electron chi connectivity index (χ0n) is 18.0. The van der Waals surface area contributed by atoms with Crippen LogP contribution in [0.3, 0.4) is 0 Å². The number of ether oxygens (including phenoxy) is 4. The number of hydrogen-bond acceptors (Lipinski definition) is 6. The molecule has 0 saturated carbocycles. The van der Waals surface area contributed by atoms with E-state index in [0.29, 0.717) is 0 Å². The summed E-state index contributed by atoms with van der Waals surface area (Å²) in [6.07, 6.45) is -1.51. The lowest BCUT2D eigenvalue weighted by atomic mass is 10.0. The largest absolute Gasteiger partial charge is 0.497 e. The van der Waals surface area contributed by atoms with Crippen molar-refractivity contribution in [2.45, 2.75) is 45.1 Å². The van der Waals surface area contributed by atoms with Crippen molar-refractivity contribution in [3.05, 3.63) is 65.7 Å². The van der Waals surface area contributed by atoms with Gasteiger partial charge < -0.3 is 24.3 Å². The lowest BCUT2D eigenvalue weighted by Crippen LogP contribution is -2.48. The van der Waals surface area contributed by atoms with Gasteiger partial charge in [0.1, 0.15) is 17.5 Å². The normalized spacial score (nSPS) is 13.1. The average Bonchev–Trinajstić information content (AvgIpc) is 2.72. The van der Waals surface area contributed by atoms with E-state index in [9.17, 15) is 9.59 Å². The molecule has 0 aliphatic rings. The van der Waals surface area contributed by atoms with Crippen LogP contribution in [0.5, 0.6) is 5.75 Å². The summed E-state index contributed by atoms with van der Waals surface area (Å²) < 4.78 is 21.5. The van der Waals surface area contributed by atoms with Gasteiger partial charge in [-0.05, 0) is 44.0 Å². The number of methoxy groups -OCH3 is 2. The first-order valence-electron chi connectivity index (χ1n) is 9.60. The van der Waals surface area contributed by atoms with Crippen molar-refractivity contribution in [3.63, 3.8) is 0 Å². The summed E-state index contributed by atoms with van der Waals surface area (Å²) in [6, 6.07) is 15.5. The third-order valence-corrected chi connectivity index (χ3v) is 4.15. The Morgan fingerprint density at radius 3 is 2.13 bits per heavy atom. The number of amides is 1. The van der Waals surface area contributed by atoms with E-state index in [2.05, 4.69) is 5.32 Å². The Bertz CT molecular complexity index is 814. The number of hydrogen-bond donors (Lipinski definition) is 1. The number of rotatable bonds is 8. The first-order valence-corrected chi connectivity index (χ1v) is 9.60. The van der Waals surface area contributed by atoms with Crippen LogP contribution in [0.1, 0.15) is 38.0 Å². The molecule has 0 aliphatic heterocycles. The molecule has 0 bridgehead atoms. The fourth-order valence-corrected chi connectivity index (χ4v) is 2.76. The molecule has 30 heavy (non-hydrogen) atoms. The lowest BCUT2D eigenvalue weighted by Gasteiger charge is -2.28. The van der Waals surface area contributed by atoms with Gasteiger partial charge >= 0.3 is 12.1 Å². The van der Waals surface area contributed by atoms with Crippen LogP contribution >= 0.6 is 0 Å². The molecule has 7 heteroatoms. The van der Waals surface area contributed by atoms with Crippen molar-refractivity contribution in [1.82, 2.24) is 5.32 Å². The van der Waals surface area contributed by atoms with Gasteiger partial charge in [0.25, 0.3) is 0 Å². The number of benzene rings is 2. The van der Waals surface area contributed by atoms with E-state index in [1.165, 1.54) is 7.11 Å². The smallest absolute Gasteiger partial charge is 0.408 e. The summed E-state index contributed by atoms with van der Waals surface area (Å²) >= 11 is 0. The second-order valence-electron chi connectivity index (χ2n) is 7.64. The maximum absolute atomic E-state index is 12.5. The van der Waals surface area contributed by atoms with Gasteiger partial charge in [0.05, 0.1) is 20.8 Å². The molecule has 162 valence electrons. The first-order chi connectivity index (χ1) is 14.2. The van der Waals surface area contributed by atoms with Crippen molar-refractivity contribution in [1.29, 1.82) is 0 Å². The van der Waals surface area contributed by atoms with E-state index >= 15 is 0 Å². The highest BCUT2D eigenvalue weighted by Gasteiger charge is 2.34. The number of alkyl carbamates (subject to hydrolysis) is 1. The van der Waals surface area contributed by atoms with E-state index in [1.54, 1.807) is 27.9 Å². The Labute approximate surface area is 177 Å². The lowest BCUT2D eigenvalue weighted by molar-refractivity contribution is -0.148. The van der Waals surface area contributed by atoms with Crippen LogP contribution in [0, 0.1) is 0 Å². The standard InChI is InChI=1S/C23H29NO6/c1-23(2,3)30-22(26)24-19(21(25)28-5)20(17-9-7-6-8-10-17)29-15-16-11-13-18(27-4)14-12-16/h6-14,19-20H,15H2,1-5H3,(H,24,26)/t19-,20-/m0/s1. The Hall–Kier alpha value is -3.06. The monoisotopic (exact) mass is 415 g/mol. The zero-order chi connectivity index (χ0) is 22.1. The first kappa shape index (κ1) is 23.2. The van der Waals surface area contributed by atoms with Crippen molar-refractivity contribution in [3.8, 4) is 5.75 Å². The van der Waals surface area contributed by atoms with Crippen molar-refractivity contribution in [2.24, 2.45) is 0 Å². The Morgan fingerprint density at radius 2 is 1.60 bits per heavy atom. The molecule has 0 spiro atoms. The molecule has 1 amide bonds. The van der Waals surface area contributed by atoms with E-state index in [1.807, 2.05) is 54.6 Å². The third kappa shape index (κ3) is 7.08. The van der Waals surface area contributed by atoms with Crippen LogP contribution in [0.2, 0.25) is 0 Å². The highest BCUT2D eigenvalue weighted by molar-refractivity contribution is 5.82. The van der Waals surface area contributed by atoms with Crippen LogP contribution in [0.15, 0.2) is 54.6 Å². The molecule has 0 aromatic heterocycles. The Balaban J connectivity index is 2.26. The predicted molar refractivity (Wildman–Crippen MR) is 112 cm³/mol. The quantitative estimate of drug-likeness (QED) is 0.656. The van der Waals surface area contributed by atoms with E-state index in [4.69, 9.17) is 18.9 Å². The molecular formula is C23H29NO6. The van der Waals surface area contributed by atoms with Crippen LogP contribution in [-0.2, 0) is 25.6 Å². The molecular weight excluding hydrogens is 386 g/mol. The fourth-order valence-electron chi connectivity index (χ4n) is 2.76. The van der Waals surface area contributed by atoms with Crippen LogP contribution < -0.4 is 10.1 Å². The van der Waals surface area contributed by atoms with E-state index < -0.39 is 29.8 Å². The van der Waals surface area contributed by atoms with Crippen molar-refractivity contribution < 1.29 is 28.5 Å². The maximum Gasteiger partial charge on any atom is 0.408 e. The number of esters is 1. The van der Waals surface area contributed by atoms with E-state index in [-0.39, 0.29) is 6.61 Å². The summed E-state index contributed by atoms with van der Waals surface area (Å²) in [7, 11) is 2.86. The number of carbonyl (C=O) groups excluding carboxylic acids is 2. The topological polar surface area (TPSA) is 83.1 Å².